The molecule has 0 heterocycles. The Morgan fingerprint density at radius 3 is 2.43 bits per heavy atom. The molecule has 0 unspecified atom stereocenters. The molecule has 0 spiro atoms. The first kappa shape index (κ1) is 19.7. The minimum atomic E-state index is -3.62. The van der Waals surface area contributed by atoms with E-state index >= 15 is 0 Å². The number of hydrogen-bond acceptors (Lipinski definition) is 4. The summed E-state index contributed by atoms with van der Waals surface area (Å²) in [6, 6.07) is 3.90. The molecule has 23 heavy (non-hydrogen) atoms. The lowest BCUT2D eigenvalue weighted by Gasteiger charge is -2.12. The van der Waals surface area contributed by atoms with Crippen molar-refractivity contribution in [1.82, 2.24) is 10.0 Å². The summed E-state index contributed by atoms with van der Waals surface area (Å²) in [5.74, 6) is 0.350. The minimum absolute atomic E-state index is 0.0489. The molecule has 1 rings (SSSR count). The third-order valence-electron chi connectivity index (χ3n) is 2.67. The lowest BCUT2D eigenvalue weighted by molar-refractivity contribution is -0.123. The van der Waals surface area contributed by atoms with E-state index in [9.17, 15) is 13.2 Å². The van der Waals surface area contributed by atoms with Crippen LogP contribution in [0.15, 0.2) is 23.1 Å². The highest BCUT2D eigenvalue weighted by atomic mass is 35.5. The van der Waals surface area contributed by atoms with Crippen LogP contribution in [0.2, 0.25) is 5.02 Å². The molecule has 6 nitrogen and oxygen atoms in total. The standard InChI is InChI=1S/C15H23ClN2O4S/c1-10(2)8-17-15(19)9-22-14-6-5-12(7-13(14)16)23(20,21)18-11(3)4/h5-7,10-11,18H,8-9H2,1-4H3,(H,17,19). The van der Waals surface area contributed by atoms with E-state index in [-0.39, 0.29) is 34.2 Å². The van der Waals surface area contributed by atoms with E-state index in [1.165, 1.54) is 18.2 Å². The fourth-order valence-electron chi connectivity index (χ4n) is 1.66. The third-order valence-corrected chi connectivity index (χ3v) is 4.62. The van der Waals surface area contributed by atoms with Gasteiger partial charge in [0, 0.05) is 12.6 Å². The molecule has 1 aromatic rings. The molecule has 8 heteroatoms. The fourth-order valence-corrected chi connectivity index (χ4v) is 3.23. The highest BCUT2D eigenvalue weighted by molar-refractivity contribution is 7.89. The van der Waals surface area contributed by atoms with Gasteiger partial charge in [-0.3, -0.25) is 4.79 Å². The van der Waals surface area contributed by atoms with Crippen LogP contribution in [-0.4, -0.2) is 33.5 Å². The molecule has 0 atom stereocenters. The van der Waals surface area contributed by atoms with Gasteiger partial charge in [0.05, 0.1) is 9.92 Å². The number of amides is 1. The Labute approximate surface area is 142 Å². The van der Waals surface area contributed by atoms with Gasteiger partial charge in [-0.15, -0.1) is 0 Å². The molecule has 0 aliphatic carbocycles. The molecule has 0 aliphatic rings. The Kier molecular flexibility index (Phi) is 7.31. The van der Waals surface area contributed by atoms with Crippen molar-refractivity contribution in [2.24, 2.45) is 5.92 Å². The maximum absolute atomic E-state index is 12.0. The van der Waals surface area contributed by atoms with Gasteiger partial charge in [-0.1, -0.05) is 25.4 Å². The van der Waals surface area contributed by atoms with Crippen molar-refractivity contribution in [3.05, 3.63) is 23.2 Å². The van der Waals surface area contributed by atoms with Crippen LogP contribution in [-0.2, 0) is 14.8 Å². The van der Waals surface area contributed by atoms with Crippen molar-refractivity contribution >= 4 is 27.5 Å². The summed E-state index contributed by atoms with van der Waals surface area (Å²) in [6.45, 7) is 7.82. The monoisotopic (exact) mass is 362 g/mol. The molecule has 0 saturated heterocycles. The topological polar surface area (TPSA) is 84.5 Å². The van der Waals surface area contributed by atoms with Crippen molar-refractivity contribution in [3.8, 4) is 5.75 Å². The molecular formula is C15H23ClN2O4S. The summed E-state index contributed by atoms with van der Waals surface area (Å²) in [6.07, 6.45) is 0. The molecule has 130 valence electrons. The molecule has 2 N–H and O–H groups in total. The Morgan fingerprint density at radius 2 is 1.91 bits per heavy atom. The third kappa shape index (κ3) is 6.76. The smallest absolute Gasteiger partial charge is 0.257 e. The van der Waals surface area contributed by atoms with Gasteiger partial charge < -0.3 is 10.1 Å². The Hall–Kier alpha value is -1.31. The number of ether oxygens (including phenoxy) is 1. The van der Waals surface area contributed by atoms with Crippen LogP contribution in [0.25, 0.3) is 0 Å². The van der Waals surface area contributed by atoms with Crippen molar-refractivity contribution < 1.29 is 17.9 Å². The van der Waals surface area contributed by atoms with Gasteiger partial charge in [-0.2, -0.15) is 0 Å². The van der Waals surface area contributed by atoms with Crippen LogP contribution >= 0.6 is 11.6 Å². The SMILES string of the molecule is CC(C)CNC(=O)COc1ccc(S(=O)(=O)NC(C)C)cc1Cl. The van der Waals surface area contributed by atoms with Crippen LogP contribution in [0.4, 0.5) is 0 Å². The number of hydrogen-bond donors (Lipinski definition) is 2. The van der Waals surface area contributed by atoms with E-state index in [4.69, 9.17) is 16.3 Å². The number of sulfonamides is 1. The zero-order valence-corrected chi connectivity index (χ0v) is 15.3. The van der Waals surface area contributed by atoms with Crippen LogP contribution in [0.3, 0.4) is 0 Å². The maximum atomic E-state index is 12.0. The summed E-state index contributed by atoms with van der Waals surface area (Å²) >= 11 is 6.03. The van der Waals surface area contributed by atoms with Crippen molar-refractivity contribution in [1.29, 1.82) is 0 Å². The van der Waals surface area contributed by atoms with Gasteiger partial charge in [-0.25, -0.2) is 13.1 Å². The van der Waals surface area contributed by atoms with Crippen molar-refractivity contribution in [2.75, 3.05) is 13.2 Å². The summed E-state index contributed by atoms with van der Waals surface area (Å²) in [5, 5.41) is 2.85. The van der Waals surface area contributed by atoms with Gasteiger partial charge in [-0.05, 0) is 38.0 Å². The van der Waals surface area contributed by atoms with Crippen LogP contribution < -0.4 is 14.8 Å². The highest BCUT2D eigenvalue weighted by Crippen LogP contribution is 2.27. The van der Waals surface area contributed by atoms with Crippen LogP contribution in [0.1, 0.15) is 27.7 Å². The number of halogens is 1. The van der Waals surface area contributed by atoms with E-state index < -0.39 is 10.0 Å². The van der Waals surface area contributed by atoms with Gasteiger partial charge in [0.15, 0.2) is 6.61 Å². The Morgan fingerprint density at radius 1 is 1.26 bits per heavy atom. The van der Waals surface area contributed by atoms with E-state index in [2.05, 4.69) is 10.0 Å². The normalized spacial score (nSPS) is 11.8. The molecule has 1 amide bonds. The van der Waals surface area contributed by atoms with Crippen LogP contribution in [0, 0.1) is 5.92 Å². The Balaban J connectivity index is 2.72. The zero-order chi connectivity index (χ0) is 17.6. The molecular weight excluding hydrogens is 340 g/mol. The average molecular weight is 363 g/mol. The second-order valence-electron chi connectivity index (χ2n) is 5.85. The largest absolute Gasteiger partial charge is 0.482 e. The lowest BCUT2D eigenvalue weighted by Crippen LogP contribution is -2.31. The van der Waals surface area contributed by atoms with Gasteiger partial charge in [0.2, 0.25) is 10.0 Å². The molecule has 0 radical (unpaired) electrons. The summed E-state index contributed by atoms with van der Waals surface area (Å²) in [7, 11) is -3.62. The first-order chi connectivity index (χ1) is 10.6. The average Bonchev–Trinajstić information content (AvgIpc) is 2.42. The van der Waals surface area contributed by atoms with E-state index in [1.807, 2.05) is 13.8 Å². The molecule has 0 fully saturated rings. The number of carbonyl (C=O) groups excluding carboxylic acids is 1. The van der Waals surface area contributed by atoms with E-state index in [0.29, 0.717) is 12.5 Å². The maximum Gasteiger partial charge on any atom is 0.257 e. The molecule has 0 aliphatic heterocycles. The quantitative estimate of drug-likeness (QED) is 0.742. The predicted molar refractivity (Wildman–Crippen MR) is 90.3 cm³/mol. The molecule has 0 bridgehead atoms. The minimum Gasteiger partial charge on any atom is -0.482 e. The second-order valence-corrected chi connectivity index (χ2v) is 7.98. The van der Waals surface area contributed by atoms with E-state index in [1.54, 1.807) is 13.8 Å². The predicted octanol–water partition coefficient (Wildman–Crippen LogP) is 2.18. The summed E-state index contributed by atoms with van der Waals surface area (Å²) < 4.78 is 31.9. The Bertz CT molecular complexity index is 645. The second kappa shape index (κ2) is 8.52. The summed E-state index contributed by atoms with van der Waals surface area (Å²) in [4.78, 5) is 11.6. The van der Waals surface area contributed by atoms with Crippen LogP contribution in [0.5, 0.6) is 5.75 Å². The lowest BCUT2D eigenvalue weighted by atomic mass is 10.2. The van der Waals surface area contributed by atoms with Crippen molar-refractivity contribution in [2.45, 2.75) is 38.6 Å². The van der Waals surface area contributed by atoms with E-state index in [0.717, 1.165) is 0 Å². The molecule has 1 aromatic carbocycles. The number of nitrogens with one attached hydrogen (secondary N) is 2. The van der Waals surface area contributed by atoms with Gasteiger partial charge in [0.25, 0.3) is 5.91 Å². The van der Waals surface area contributed by atoms with Gasteiger partial charge in [0.1, 0.15) is 5.75 Å². The first-order valence-corrected chi connectivity index (χ1v) is 9.19. The number of carbonyl (C=O) groups is 1. The van der Waals surface area contributed by atoms with Gasteiger partial charge >= 0.3 is 0 Å². The summed E-state index contributed by atoms with van der Waals surface area (Å²) in [5.41, 5.74) is 0. The number of rotatable bonds is 8. The highest BCUT2D eigenvalue weighted by Gasteiger charge is 2.17. The molecule has 0 saturated carbocycles. The molecule has 0 aromatic heterocycles. The first-order valence-electron chi connectivity index (χ1n) is 7.33. The fraction of sp³-hybridized carbons (Fsp3) is 0.533. The van der Waals surface area contributed by atoms with Crippen molar-refractivity contribution in [3.63, 3.8) is 0 Å². The number of benzene rings is 1. The zero-order valence-electron chi connectivity index (χ0n) is 13.7.